The molecule has 0 saturated carbocycles. The smallest absolute Gasteiger partial charge is 0.264 e. The van der Waals surface area contributed by atoms with E-state index in [9.17, 15) is 18.0 Å². The van der Waals surface area contributed by atoms with Gasteiger partial charge < -0.3 is 19.7 Å². The van der Waals surface area contributed by atoms with Gasteiger partial charge in [-0.1, -0.05) is 41.4 Å². The molecule has 0 bridgehead atoms. The Kier molecular flexibility index (Phi) is 10.4. The third-order valence-electron chi connectivity index (χ3n) is 6.30. The van der Waals surface area contributed by atoms with Crippen LogP contribution >= 0.6 is 11.6 Å². The standard InChI is InChI=1S/C29H34ClN3O6S/c1-6-31-29(35)21(3)32(18-22-8-7-9-23(30)16-22)28(34)19-33(26-17-24(38-4)12-15-27(26)39-5)40(36,37)25-13-10-20(2)11-14-25/h7-17,21H,6,18-19H2,1-5H3,(H,31,35)/t21-/m1/s1. The van der Waals surface area contributed by atoms with Crippen LogP contribution in [0.4, 0.5) is 5.69 Å². The molecular formula is C29H34ClN3O6S. The van der Waals surface area contributed by atoms with Gasteiger partial charge in [-0.15, -0.1) is 0 Å². The van der Waals surface area contributed by atoms with Crippen molar-refractivity contribution in [2.75, 3.05) is 31.6 Å². The van der Waals surface area contributed by atoms with E-state index in [1.807, 2.05) is 6.92 Å². The van der Waals surface area contributed by atoms with Crippen molar-refractivity contribution in [3.63, 3.8) is 0 Å². The van der Waals surface area contributed by atoms with Crippen LogP contribution in [0.3, 0.4) is 0 Å². The molecule has 2 amide bonds. The van der Waals surface area contributed by atoms with Gasteiger partial charge in [0, 0.05) is 24.2 Å². The van der Waals surface area contributed by atoms with E-state index in [1.165, 1.54) is 37.3 Å². The molecule has 214 valence electrons. The molecule has 9 nitrogen and oxygen atoms in total. The first-order chi connectivity index (χ1) is 19.0. The zero-order valence-electron chi connectivity index (χ0n) is 23.2. The zero-order chi connectivity index (χ0) is 29.4. The van der Waals surface area contributed by atoms with E-state index in [0.29, 0.717) is 22.9 Å². The lowest BCUT2D eigenvalue weighted by Gasteiger charge is -2.32. The molecule has 0 aliphatic heterocycles. The molecule has 3 aromatic rings. The Morgan fingerprint density at radius 3 is 2.30 bits per heavy atom. The maximum absolute atomic E-state index is 14.0. The lowest BCUT2D eigenvalue weighted by Crippen LogP contribution is -2.51. The highest BCUT2D eigenvalue weighted by atomic mass is 35.5. The number of nitrogens with one attached hydrogen (secondary N) is 1. The molecule has 0 spiro atoms. The van der Waals surface area contributed by atoms with E-state index in [0.717, 1.165) is 9.87 Å². The van der Waals surface area contributed by atoms with Gasteiger partial charge in [0.05, 0.1) is 24.8 Å². The lowest BCUT2D eigenvalue weighted by molar-refractivity contribution is -0.139. The number of carbonyl (C=O) groups is 2. The third-order valence-corrected chi connectivity index (χ3v) is 8.31. The average Bonchev–Trinajstić information content (AvgIpc) is 2.94. The fraction of sp³-hybridized carbons (Fsp3) is 0.310. The molecule has 0 fully saturated rings. The van der Waals surface area contributed by atoms with Gasteiger partial charge in [0.15, 0.2) is 0 Å². The van der Waals surface area contributed by atoms with Crippen LogP contribution in [0.5, 0.6) is 11.5 Å². The number of methoxy groups -OCH3 is 2. The summed E-state index contributed by atoms with van der Waals surface area (Å²) in [5, 5.41) is 3.20. The van der Waals surface area contributed by atoms with E-state index in [1.54, 1.807) is 62.4 Å². The number of likely N-dealkylation sites (N-methyl/N-ethyl adjacent to an activating group) is 1. The van der Waals surface area contributed by atoms with E-state index < -0.39 is 28.5 Å². The Bertz CT molecular complexity index is 1450. The van der Waals surface area contributed by atoms with Crippen LogP contribution in [0.2, 0.25) is 5.02 Å². The van der Waals surface area contributed by atoms with Gasteiger partial charge in [-0.3, -0.25) is 13.9 Å². The third kappa shape index (κ3) is 7.25. The first-order valence-corrected chi connectivity index (χ1v) is 14.5. The maximum atomic E-state index is 14.0. The van der Waals surface area contributed by atoms with E-state index >= 15 is 0 Å². The summed E-state index contributed by atoms with van der Waals surface area (Å²) in [6.45, 7) is 5.02. The van der Waals surface area contributed by atoms with Crippen molar-refractivity contribution in [1.29, 1.82) is 0 Å². The van der Waals surface area contributed by atoms with Crippen LogP contribution in [-0.2, 0) is 26.2 Å². The first-order valence-electron chi connectivity index (χ1n) is 12.6. The number of rotatable bonds is 12. The second-order valence-corrected chi connectivity index (χ2v) is 11.4. The van der Waals surface area contributed by atoms with Crippen LogP contribution in [0.15, 0.2) is 71.6 Å². The van der Waals surface area contributed by atoms with Crippen LogP contribution in [0, 0.1) is 6.92 Å². The number of benzene rings is 3. The van der Waals surface area contributed by atoms with E-state index in [-0.39, 0.29) is 28.8 Å². The van der Waals surface area contributed by atoms with Crippen molar-refractivity contribution in [2.45, 2.75) is 38.3 Å². The number of hydrogen-bond acceptors (Lipinski definition) is 6. The maximum Gasteiger partial charge on any atom is 0.264 e. The molecule has 0 heterocycles. The number of ether oxygens (including phenoxy) is 2. The first kappa shape index (κ1) is 30.8. The summed E-state index contributed by atoms with van der Waals surface area (Å²) in [6.07, 6.45) is 0. The van der Waals surface area contributed by atoms with Gasteiger partial charge in [0.1, 0.15) is 24.1 Å². The Balaban J connectivity index is 2.12. The Morgan fingerprint density at radius 1 is 1.00 bits per heavy atom. The summed E-state index contributed by atoms with van der Waals surface area (Å²) in [5.74, 6) is -0.370. The van der Waals surface area contributed by atoms with Crippen molar-refractivity contribution < 1.29 is 27.5 Å². The minimum atomic E-state index is -4.26. The van der Waals surface area contributed by atoms with E-state index in [2.05, 4.69) is 5.32 Å². The summed E-state index contributed by atoms with van der Waals surface area (Å²) in [6, 6.07) is 17.0. The highest BCUT2D eigenvalue weighted by Gasteiger charge is 2.34. The van der Waals surface area contributed by atoms with Crippen LogP contribution in [0.25, 0.3) is 0 Å². The molecule has 3 aromatic carbocycles. The molecular weight excluding hydrogens is 554 g/mol. The molecule has 0 aliphatic rings. The van der Waals surface area contributed by atoms with E-state index in [4.69, 9.17) is 21.1 Å². The minimum Gasteiger partial charge on any atom is -0.497 e. The quantitative estimate of drug-likeness (QED) is 0.336. The molecule has 0 radical (unpaired) electrons. The average molecular weight is 588 g/mol. The highest BCUT2D eigenvalue weighted by Crippen LogP contribution is 2.36. The molecule has 1 N–H and O–H groups in total. The highest BCUT2D eigenvalue weighted by molar-refractivity contribution is 7.92. The molecule has 40 heavy (non-hydrogen) atoms. The van der Waals surface area contributed by atoms with Gasteiger partial charge in [0.25, 0.3) is 10.0 Å². The Morgan fingerprint density at radius 2 is 1.70 bits per heavy atom. The Labute approximate surface area is 240 Å². The number of anilines is 1. The van der Waals surface area contributed by atoms with Crippen molar-refractivity contribution in [3.05, 3.63) is 82.9 Å². The topological polar surface area (TPSA) is 105 Å². The fourth-order valence-corrected chi connectivity index (χ4v) is 5.71. The van der Waals surface area contributed by atoms with Gasteiger partial charge >= 0.3 is 0 Å². The van der Waals surface area contributed by atoms with Crippen molar-refractivity contribution >= 4 is 39.1 Å². The van der Waals surface area contributed by atoms with Gasteiger partial charge in [0.2, 0.25) is 11.8 Å². The number of hydrogen-bond donors (Lipinski definition) is 1. The monoisotopic (exact) mass is 587 g/mol. The Hall–Kier alpha value is -3.76. The number of halogens is 1. The molecule has 1 atom stereocenters. The number of sulfonamides is 1. The summed E-state index contributed by atoms with van der Waals surface area (Å²) >= 11 is 6.17. The number of aryl methyl sites for hydroxylation is 1. The summed E-state index contributed by atoms with van der Waals surface area (Å²) in [5.41, 5.74) is 1.68. The van der Waals surface area contributed by atoms with Crippen molar-refractivity contribution in [3.8, 4) is 11.5 Å². The fourth-order valence-electron chi connectivity index (χ4n) is 4.08. The molecule has 0 unspecified atom stereocenters. The number of carbonyl (C=O) groups excluding carboxylic acids is 2. The van der Waals surface area contributed by atoms with Crippen molar-refractivity contribution in [1.82, 2.24) is 10.2 Å². The van der Waals surface area contributed by atoms with Crippen LogP contribution < -0.4 is 19.1 Å². The predicted molar refractivity (Wildman–Crippen MR) is 155 cm³/mol. The normalized spacial score (nSPS) is 11.8. The summed E-state index contributed by atoms with van der Waals surface area (Å²) in [4.78, 5) is 28.2. The molecule has 0 aromatic heterocycles. The van der Waals surface area contributed by atoms with Crippen LogP contribution in [-0.4, -0.2) is 58.5 Å². The van der Waals surface area contributed by atoms with Gasteiger partial charge in [-0.2, -0.15) is 0 Å². The molecule has 0 saturated heterocycles. The summed E-state index contributed by atoms with van der Waals surface area (Å²) in [7, 11) is -1.40. The van der Waals surface area contributed by atoms with Crippen LogP contribution in [0.1, 0.15) is 25.0 Å². The van der Waals surface area contributed by atoms with Gasteiger partial charge in [-0.05, 0) is 62.7 Å². The number of nitrogens with zero attached hydrogens (tertiary/aromatic N) is 2. The lowest BCUT2D eigenvalue weighted by atomic mass is 10.1. The summed E-state index contributed by atoms with van der Waals surface area (Å²) < 4.78 is 39.9. The molecule has 11 heteroatoms. The molecule has 0 aliphatic carbocycles. The minimum absolute atomic E-state index is 0.00561. The second-order valence-electron chi connectivity index (χ2n) is 9.08. The second kappa shape index (κ2) is 13.5. The zero-order valence-corrected chi connectivity index (χ0v) is 24.8. The largest absolute Gasteiger partial charge is 0.497 e. The molecule has 3 rings (SSSR count). The van der Waals surface area contributed by atoms with Gasteiger partial charge in [-0.25, -0.2) is 8.42 Å². The number of amides is 2. The van der Waals surface area contributed by atoms with Crippen molar-refractivity contribution in [2.24, 2.45) is 0 Å². The predicted octanol–water partition coefficient (Wildman–Crippen LogP) is 4.41. The SMILES string of the molecule is CCNC(=O)[C@@H](C)N(Cc1cccc(Cl)c1)C(=O)CN(c1cc(OC)ccc1OC)S(=O)(=O)c1ccc(C)cc1.